The van der Waals surface area contributed by atoms with Gasteiger partial charge in [0, 0.05) is 17.0 Å². The molecule has 0 heterocycles. The van der Waals surface area contributed by atoms with E-state index in [1.54, 1.807) is 32.0 Å². The Hall–Kier alpha value is -2.24. The normalized spacial score (nSPS) is 14.2. The lowest BCUT2D eigenvalue weighted by Crippen LogP contribution is -2.37. The highest BCUT2D eigenvalue weighted by atomic mass is 19.1. The summed E-state index contributed by atoms with van der Waals surface area (Å²) in [6.07, 6.45) is -1.30. The second kappa shape index (κ2) is 7.11. The van der Waals surface area contributed by atoms with Crippen LogP contribution in [0.5, 0.6) is 5.75 Å². The first-order chi connectivity index (χ1) is 11.2. The fourth-order valence-corrected chi connectivity index (χ4v) is 2.66. The molecule has 2 aromatic carbocycles. The Morgan fingerprint density at radius 1 is 1.17 bits per heavy atom. The van der Waals surface area contributed by atoms with Gasteiger partial charge in [-0.25, -0.2) is 4.39 Å². The Morgan fingerprint density at radius 2 is 1.75 bits per heavy atom. The lowest BCUT2D eigenvalue weighted by atomic mass is 9.81. The van der Waals surface area contributed by atoms with Crippen molar-refractivity contribution in [2.75, 3.05) is 0 Å². The van der Waals surface area contributed by atoms with Crippen LogP contribution in [0.4, 0.5) is 4.39 Å². The van der Waals surface area contributed by atoms with E-state index in [1.807, 2.05) is 0 Å². The summed E-state index contributed by atoms with van der Waals surface area (Å²) in [6, 6.07) is 11.8. The number of aliphatic hydroxyl groups excluding tert-OH is 1. The molecule has 0 spiro atoms. The number of hydrogen-bond donors (Lipinski definition) is 3. The lowest BCUT2D eigenvalue weighted by molar-refractivity contribution is -0.129. The minimum atomic E-state index is -1.58. The van der Waals surface area contributed by atoms with Gasteiger partial charge >= 0.3 is 0 Å². The van der Waals surface area contributed by atoms with E-state index in [-0.39, 0.29) is 17.7 Å². The van der Waals surface area contributed by atoms with Gasteiger partial charge in [-0.05, 0) is 44.0 Å². The summed E-state index contributed by atoms with van der Waals surface area (Å²) in [6.45, 7) is 3.56. The minimum absolute atomic E-state index is 0.0545. The van der Waals surface area contributed by atoms with Crippen molar-refractivity contribution < 1.29 is 19.4 Å². The third-order valence-corrected chi connectivity index (χ3v) is 3.84. The minimum Gasteiger partial charge on any atom is -0.508 e. The van der Waals surface area contributed by atoms with Crippen molar-refractivity contribution >= 4 is 5.78 Å². The van der Waals surface area contributed by atoms with Gasteiger partial charge in [-0.2, -0.15) is 0 Å². The zero-order valence-electron chi connectivity index (χ0n) is 13.7. The highest BCUT2D eigenvalue weighted by Gasteiger charge is 2.32. The van der Waals surface area contributed by atoms with E-state index in [1.165, 1.54) is 30.3 Å². The SMILES string of the molecule is CC(C)(N)C[C@@H](C(=O)C(O)c1ccccc1F)c1ccc(O)cc1. The summed E-state index contributed by atoms with van der Waals surface area (Å²) >= 11 is 0. The standard InChI is InChI=1S/C19H22FNO3/c1-19(2,21)11-15(12-7-9-13(22)10-8-12)18(24)17(23)14-5-3-4-6-16(14)20/h3-10,15,17,22-23H,11,21H2,1-2H3/t15-,17?/m1/s1. The summed E-state index contributed by atoms with van der Waals surface area (Å²) in [5, 5.41) is 19.8. The number of carbonyl (C=O) groups excluding carboxylic acids is 1. The van der Waals surface area contributed by atoms with Gasteiger partial charge in [0.2, 0.25) is 0 Å². The largest absolute Gasteiger partial charge is 0.508 e. The third-order valence-electron chi connectivity index (χ3n) is 3.84. The molecule has 5 heteroatoms. The fourth-order valence-electron chi connectivity index (χ4n) is 2.66. The molecule has 0 saturated heterocycles. The maximum atomic E-state index is 13.9. The number of nitrogens with two attached hydrogens (primary N) is 1. The van der Waals surface area contributed by atoms with Crippen molar-refractivity contribution in [3.8, 4) is 5.75 Å². The second-order valence-corrected chi connectivity index (χ2v) is 6.66. The highest BCUT2D eigenvalue weighted by molar-refractivity contribution is 5.90. The molecule has 0 saturated carbocycles. The number of Topliss-reactive ketones (excluding diaryl/α,β-unsaturated/α-hetero) is 1. The van der Waals surface area contributed by atoms with Gasteiger partial charge in [0.15, 0.2) is 5.78 Å². The number of carbonyl (C=O) groups is 1. The number of halogens is 1. The smallest absolute Gasteiger partial charge is 0.173 e. The topological polar surface area (TPSA) is 83.6 Å². The Balaban J connectivity index is 2.37. The number of aromatic hydroxyl groups is 1. The molecule has 4 N–H and O–H groups in total. The van der Waals surface area contributed by atoms with Crippen LogP contribution in [0.15, 0.2) is 48.5 Å². The van der Waals surface area contributed by atoms with Gasteiger partial charge in [-0.15, -0.1) is 0 Å². The van der Waals surface area contributed by atoms with Crippen LogP contribution in [0.2, 0.25) is 0 Å². The first kappa shape index (κ1) is 18.1. The molecule has 2 aromatic rings. The van der Waals surface area contributed by atoms with Crippen LogP contribution < -0.4 is 5.73 Å². The number of rotatable bonds is 6. The lowest BCUT2D eigenvalue weighted by Gasteiger charge is -2.27. The van der Waals surface area contributed by atoms with E-state index in [0.717, 1.165) is 0 Å². The zero-order chi connectivity index (χ0) is 17.9. The Morgan fingerprint density at radius 3 is 2.29 bits per heavy atom. The second-order valence-electron chi connectivity index (χ2n) is 6.66. The average Bonchev–Trinajstić information content (AvgIpc) is 2.52. The van der Waals surface area contributed by atoms with Crippen molar-refractivity contribution in [3.05, 3.63) is 65.5 Å². The Bertz CT molecular complexity index is 707. The molecular weight excluding hydrogens is 309 g/mol. The van der Waals surface area contributed by atoms with Gasteiger partial charge in [-0.1, -0.05) is 30.3 Å². The maximum Gasteiger partial charge on any atom is 0.173 e. The van der Waals surface area contributed by atoms with Gasteiger partial charge in [0.05, 0.1) is 0 Å². The number of benzene rings is 2. The molecule has 2 rings (SSSR count). The molecule has 128 valence electrons. The predicted molar refractivity (Wildman–Crippen MR) is 90.1 cm³/mol. The Labute approximate surface area is 140 Å². The average molecular weight is 331 g/mol. The van der Waals surface area contributed by atoms with Crippen molar-refractivity contribution in [1.82, 2.24) is 0 Å². The van der Waals surface area contributed by atoms with Gasteiger partial charge in [-0.3, -0.25) is 4.79 Å². The van der Waals surface area contributed by atoms with E-state index in [0.29, 0.717) is 5.56 Å². The van der Waals surface area contributed by atoms with Gasteiger partial charge in [0.1, 0.15) is 17.7 Å². The van der Waals surface area contributed by atoms with Crippen LogP contribution in [-0.4, -0.2) is 21.5 Å². The number of phenolic OH excluding ortho intramolecular Hbond substituents is 1. The zero-order valence-corrected chi connectivity index (χ0v) is 13.7. The van der Waals surface area contributed by atoms with Crippen molar-refractivity contribution in [2.45, 2.75) is 37.8 Å². The molecule has 0 radical (unpaired) electrons. The molecule has 0 aliphatic carbocycles. The quantitative estimate of drug-likeness (QED) is 0.760. The summed E-state index contributed by atoms with van der Waals surface area (Å²) < 4.78 is 13.9. The fraction of sp³-hybridized carbons (Fsp3) is 0.316. The monoisotopic (exact) mass is 331 g/mol. The molecular formula is C19H22FNO3. The van der Waals surface area contributed by atoms with Crippen molar-refractivity contribution in [2.24, 2.45) is 5.73 Å². The first-order valence-electron chi connectivity index (χ1n) is 7.73. The van der Waals surface area contributed by atoms with Crippen molar-refractivity contribution in [3.63, 3.8) is 0 Å². The summed E-state index contributed by atoms with van der Waals surface area (Å²) in [5.74, 6) is -1.79. The van der Waals surface area contributed by atoms with E-state index in [4.69, 9.17) is 5.73 Å². The van der Waals surface area contributed by atoms with Crippen LogP contribution >= 0.6 is 0 Å². The van der Waals surface area contributed by atoms with Crippen LogP contribution in [0.1, 0.15) is 43.4 Å². The number of phenols is 1. The number of hydrogen-bond acceptors (Lipinski definition) is 4. The van der Waals surface area contributed by atoms with E-state index < -0.39 is 29.2 Å². The molecule has 0 aliphatic heterocycles. The van der Waals surface area contributed by atoms with Crippen LogP contribution in [0.25, 0.3) is 0 Å². The summed E-state index contributed by atoms with van der Waals surface area (Å²) in [4.78, 5) is 12.8. The molecule has 0 bridgehead atoms. The summed E-state index contributed by atoms with van der Waals surface area (Å²) in [7, 11) is 0. The molecule has 0 aliphatic rings. The van der Waals surface area contributed by atoms with Crippen LogP contribution in [0, 0.1) is 5.82 Å². The molecule has 4 nitrogen and oxygen atoms in total. The van der Waals surface area contributed by atoms with Crippen LogP contribution in [-0.2, 0) is 4.79 Å². The molecule has 1 unspecified atom stereocenters. The molecule has 2 atom stereocenters. The van der Waals surface area contributed by atoms with Crippen molar-refractivity contribution in [1.29, 1.82) is 0 Å². The third kappa shape index (κ3) is 4.40. The molecule has 0 amide bonds. The number of aliphatic hydroxyl groups is 1. The molecule has 0 aromatic heterocycles. The number of ketones is 1. The summed E-state index contributed by atoms with van der Waals surface area (Å²) in [5.41, 5.74) is 5.96. The molecule has 0 fully saturated rings. The van der Waals surface area contributed by atoms with Crippen LogP contribution in [0.3, 0.4) is 0 Å². The maximum absolute atomic E-state index is 13.9. The molecule has 24 heavy (non-hydrogen) atoms. The van der Waals surface area contributed by atoms with E-state index in [9.17, 15) is 19.4 Å². The van der Waals surface area contributed by atoms with E-state index >= 15 is 0 Å². The van der Waals surface area contributed by atoms with Gasteiger partial charge < -0.3 is 15.9 Å². The van der Waals surface area contributed by atoms with E-state index in [2.05, 4.69) is 0 Å². The predicted octanol–water partition coefficient (Wildman–Crippen LogP) is 3.05. The van der Waals surface area contributed by atoms with Gasteiger partial charge in [0.25, 0.3) is 0 Å². The first-order valence-corrected chi connectivity index (χ1v) is 7.73. The Kier molecular flexibility index (Phi) is 5.36. The highest BCUT2D eigenvalue weighted by Crippen LogP contribution is 2.32.